The van der Waals surface area contributed by atoms with Crippen LogP contribution in [0.4, 0.5) is 0 Å². The van der Waals surface area contributed by atoms with Crippen molar-refractivity contribution in [3.8, 4) is 0 Å². The summed E-state index contributed by atoms with van der Waals surface area (Å²) in [4.78, 5) is 6.19. The van der Waals surface area contributed by atoms with E-state index in [9.17, 15) is 8.42 Å². The van der Waals surface area contributed by atoms with Crippen LogP contribution < -0.4 is 10.0 Å². The molecule has 0 bridgehead atoms. The molecule has 0 spiro atoms. The Morgan fingerprint density at radius 2 is 2.24 bits per heavy atom. The van der Waals surface area contributed by atoms with Gasteiger partial charge in [-0.05, 0) is 26.5 Å². The number of hydrogen-bond donors (Lipinski definition) is 3. The molecular weight excluding hydrogens is 310 g/mol. The summed E-state index contributed by atoms with van der Waals surface area (Å²) in [5.41, 5.74) is 0. The van der Waals surface area contributed by atoms with Crippen LogP contribution >= 0.6 is 11.3 Å². The number of H-pyrrole nitrogens is 1. The number of hydrogen-bond acceptors (Lipinski definition) is 6. The van der Waals surface area contributed by atoms with Crippen molar-refractivity contribution in [1.29, 1.82) is 0 Å². The Bertz CT molecular complexity index is 664. The van der Waals surface area contributed by atoms with Gasteiger partial charge in [0.1, 0.15) is 12.2 Å². The Kier molecular flexibility index (Phi) is 5.45. The zero-order valence-corrected chi connectivity index (χ0v) is 13.6. The maximum atomic E-state index is 12.3. The lowest BCUT2D eigenvalue weighted by Gasteiger charge is -2.05. The summed E-state index contributed by atoms with van der Waals surface area (Å²) in [7, 11) is -1.60. The topological polar surface area (TPSA) is 99.8 Å². The molecular formula is C12H19N5O2S2. The largest absolute Gasteiger partial charge is 0.315 e. The number of aromatic nitrogens is 3. The summed E-state index contributed by atoms with van der Waals surface area (Å²) < 4.78 is 27.2. The molecule has 0 amide bonds. The van der Waals surface area contributed by atoms with Crippen LogP contribution in [0.25, 0.3) is 0 Å². The fraction of sp³-hybridized carbons (Fsp3) is 0.500. The van der Waals surface area contributed by atoms with Gasteiger partial charge in [-0.25, -0.2) is 18.1 Å². The van der Waals surface area contributed by atoms with Crippen molar-refractivity contribution in [2.45, 2.75) is 31.2 Å². The van der Waals surface area contributed by atoms with E-state index in [-0.39, 0.29) is 0 Å². The smallest absolute Gasteiger partial charge is 0.241 e. The summed E-state index contributed by atoms with van der Waals surface area (Å²) >= 11 is 1.50. The van der Waals surface area contributed by atoms with Gasteiger partial charge in [0, 0.05) is 29.3 Å². The SMILES string of the molecule is CNCc1cc(S(=O)(=O)NCCCc2ncn[nH]2)c(C)s1. The molecule has 9 heteroatoms. The summed E-state index contributed by atoms with van der Waals surface area (Å²) in [6, 6.07) is 1.73. The molecule has 2 rings (SSSR count). The van der Waals surface area contributed by atoms with Crippen molar-refractivity contribution in [2.24, 2.45) is 0 Å². The minimum absolute atomic E-state index is 0.373. The summed E-state index contributed by atoms with van der Waals surface area (Å²) in [5.74, 6) is 0.761. The molecule has 0 aliphatic heterocycles. The van der Waals surface area contributed by atoms with E-state index in [4.69, 9.17) is 0 Å². The van der Waals surface area contributed by atoms with Gasteiger partial charge in [-0.3, -0.25) is 5.10 Å². The summed E-state index contributed by atoms with van der Waals surface area (Å²) in [5, 5.41) is 9.52. The van der Waals surface area contributed by atoms with E-state index in [0.29, 0.717) is 30.8 Å². The van der Waals surface area contributed by atoms with Gasteiger partial charge in [-0.1, -0.05) is 0 Å². The molecule has 0 fully saturated rings. The standard InChI is InChI=1S/C12H19N5O2S2/c1-9-11(6-10(20-9)7-13-2)21(18,19)16-5-3-4-12-14-8-15-17-12/h6,8,13,16H,3-5,7H2,1-2H3,(H,14,15,17). The minimum Gasteiger partial charge on any atom is -0.315 e. The van der Waals surface area contributed by atoms with E-state index in [1.165, 1.54) is 17.7 Å². The van der Waals surface area contributed by atoms with Crippen molar-refractivity contribution in [1.82, 2.24) is 25.2 Å². The predicted molar refractivity (Wildman–Crippen MR) is 81.7 cm³/mol. The first-order chi connectivity index (χ1) is 10.0. The molecule has 0 saturated carbocycles. The highest BCUT2D eigenvalue weighted by Gasteiger charge is 2.19. The molecule has 7 nitrogen and oxygen atoms in total. The van der Waals surface area contributed by atoms with E-state index in [1.807, 2.05) is 14.0 Å². The van der Waals surface area contributed by atoms with Crippen LogP contribution in [-0.2, 0) is 23.0 Å². The van der Waals surface area contributed by atoms with Crippen LogP contribution in [0.1, 0.15) is 22.0 Å². The predicted octanol–water partition coefficient (Wildman–Crippen LogP) is 0.805. The average Bonchev–Trinajstić information content (AvgIpc) is 3.05. The first-order valence-electron chi connectivity index (χ1n) is 6.61. The van der Waals surface area contributed by atoms with E-state index in [1.54, 1.807) is 6.07 Å². The zero-order valence-electron chi connectivity index (χ0n) is 12.0. The fourth-order valence-electron chi connectivity index (χ4n) is 1.94. The average molecular weight is 329 g/mol. The van der Waals surface area contributed by atoms with Crippen molar-refractivity contribution in [3.63, 3.8) is 0 Å². The Balaban J connectivity index is 1.91. The van der Waals surface area contributed by atoms with Crippen molar-refractivity contribution in [2.75, 3.05) is 13.6 Å². The van der Waals surface area contributed by atoms with E-state index >= 15 is 0 Å². The highest BCUT2D eigenvalue weighted by atomic mass is 32.2. The normalized spacial score (nSPS) is 11.9. The lowest BCUT2D eigenvalue weighted by molar-refractivity contribution is 0.578. The summed E-state index contributed by atoms with van der Waals surface area (Å²) in [6.07, 6.45) is 2.77. The van der Waals surface area contributed by atoms with Crippen molar-refractivity contribution >= 4 is 21.4 Å². The zero-order chi connectivity index (χ0) is 15.3. The van der Waals surface area contributed by atoms with Crippen LogP contribution in [-0.4, -0.2) is 37.2 Å². The van der Waals surface area contributed by atoms with Gasteiger partial charge >= 0.3 is 0 Å². The van der Waals surface area contributed by atoms with Crippen LogP contribution in [0.2, 0.25) is 0 Å². The molecule has 0 radical (unpaired) electrons. The Morgan fingerprint density at radius 1 is 1.43 bits per heavy atom. The Hall–Kier alpha value is -1.29. The third-order valence-corrected chi connectivity index (χ3v) is 5.68. The Labute approximate surface area is 128 Å². The third-order valence-electron chi connectivity index (χ3n) is 2.91. The van der Waals surface area contributed by atoms with Crippen LogP contribution in [0.15, 0.2) is 17.3 Å². The molecule has 2 aromatic heterocycles. The maximum absolute atomic E-state index is 12.3. The molecule has 0 aromatic carbocycles. The molecule has 116 valence electrons. The molecule has 2 heterocycles. The van der Waals surface area contributed by atoms with E-state index in [2.05, 4.69) is 25.2 Å². The lowest BCUT2D eigenvalue weighted by Crippen LogP contribution is -2.25. The monoisotopic (exact) mass is 329 g/mol. The van der Waals surface area contributed by atoms with Crippen molar-refractivity contribution in [3.05, 3.63) is 28.0 Å². The molecule has 3 N–H and O–H groups in total. The molecule has 21 heavy (non-hydrogen) atoms. The first kappa shape index (κ1) is 16.1. The molecule has 0 aliphatic carbocycles. The molecule has 0 atom stereocenters. The minimum atomic E-state index is -3.44. The second kappa shape index (κ2) is 7.12. The van der Waals surface area contributed by atoms with Crippen LogP contribution in [0, 0.1) is 6.92 Å². The fourth-order valence-corrected chi connectivity index (χ4v) is 4.66. The second-order valence-corrected chi connectivity index (χ2v) is 7.67. The van der Waals surface area contributed by atoms with Gasteiger partial charge in [-0.15, -0.1) is 11.3 Å². The second-order valence-electron chi connectivity index (χ2n) is 4.60. The first-order valence-corrected chi connectivity index (χ1v) is 8.90. The molecule has 0 unspecified atom stereocenters. The van der Waals surface area contributed by atoms with Gasteiger partial charge in [0.05, 0.1) is 4.90 Å². The van der Waals surface area contributed by atoms with E-state index in [0.717, 1.165) is 15.6 Å². The molecule has 2 aromatic rings. The Morgan fingerprint density at radius 3 is 2.90 bits per heavy atom. The molecule has 0 saturated heterocycles. The number of nitrogens with one attached hydrogen (secondary N) is 3. The van der Waals surface area contributed by atoms with Gasteiger partial charge in [0.25, 0.3) is 0 Å². The summed E-state index contributed by atoms with van der Waals surface area (Å²) in [6.45, 7) is 2.87. The lowest BCUT2D eigenvalue weighted by atomic mass is 10.3. The van der Waals surface area contributed by atoms with E-state index < -0.39 is 10.0 Å². The van der Waals surface area contributed by atoms with Gasteiger partial charge < -0.3 is 5.32 Å². The number of sulfonamides is 1. The van der Waals surface area contributed by atoms with Crippen LogP contribution in [0.3, 0.4) is 0 Å². The van der Waals surface area contributed by atoms with Crippen molar-refractivity contribution < 1.29 is 8.42 Å². The van der Waals surface area contributed by atoms with Gasteiger partial charge in [0.2, 0.25) is 10.0 Å². The molecule has 0 aliphatic rings. The number of rotatable bonds is 8. The maximum Gasteiger partial charge on any atom is 0.241 e. The van der Waals surface area contributed by atoms with Crippen LogP contribution in [0.5, 0.6) is 0 Å². The quantitative estimate of drug-likeness (QED) is 0.622. The number of aryl methyl sites for hydroxylation is 2. The van der Waals surface area contributed by atoms with Gasteiger partial charge in [-0.2, -0.15) is 5.10 Å². The van der Waals surface area contributed by atoms with Gasteiger partial charge in [0.15, 0.2) is 0 Å². The number of nitrogens with zero attached hydrogens (tertiary/aromatic N) is 2. The highest BCUT2D eigenvalue weighted by Crippen LogP contribution is 2.25. The number of aromatic amines is 1. The number of thiophene rings is 1. The third kappa shape index (κ3) is 4.34. The highest BCUT2D eigenvalue weighted by molar-refractivity contribution is 7.89.